The lowest BCUT2D eigenvalue weighted by molar-refractivity contribution is 0.0109. The topological polar surface area (TPSA) is 90.6 Å². The van der Waals surface area contributed by atoms with E-state index in [9.17, 15) is 19.4 Å². The third kappa shape index (κ3) is 5.64. The third-order valence-electron chi connectivity index (χ3n) is 6.21. The van der Waals surface area contributed by atoms with Crippen LogP contribution in [0, 0.1) is 18.7 Å². The van der Waals surface area contributed by atoms with Gasteiger partial charge in [-0.15, -0.1) is 0 Å². The fourth-order valence-corrected chi connectivity index (χ4v) is 4.54. The fraction of sp³-hybridized carbons (Fsp3) is 0.360. The van der Waals surface area contributed by atoms with E-state index in [-0.39, 0.29) is 24.2 Å². The van der Waals surface area contributed by atoms with Crippen LogP contribution in [-0.2, 0) is 6.54 Å². The summed E-state index contributed by atoms with van der Waals surface area (Å²) in [6.07, 6.45) is 2.76. The summed E-state index contributed by atoms with van der Waals surface area (Å²) in [7, 11) is 0. The number of amides is 1. The molecule has 0 saturated carbocycles. The number of hydrogen-bond acceptors (Lipinski definition) is 5. The van der Waals surface area contributed by atoms with Crippen molar-refractivity contribution in [3.63, 3.8) is 0 Å². The highest BCUT2D eigenvalue weighted by Gasteiger charge is 2.26. The Kier molecular flexibility index (Phi) is 7.63. The number of aryl methyl sites for hydroxylation is 1. The van der Waals surface area contributed by atoms with Crippen LogP contribution in [-0.4, -0.2) is 56.6 Å². The Labute approximate surface area is 202 Å². The van der Waals surface area contributed by atoms with E-state index in [1.54, 1.807) is 36.0 Å². The monoisotopic (exact) mass is 486 g/mol. The first kappa shape index (κ1) is 24.3. The molecule has 34 heavy (non-hydrogen) atoms. The molecular formula is C25H28ClFN4O3. The van der Waals surface area contributed by atoms with Crippen molar-refractivity contribution in [1.82, 2.24) is 14.7 Å². The maximum Gasteiger partial charge on any atom is 0.259 e. The predicted octanol–water partition coefficient (Wildman–Crippen LogP) is 3.79. The Hall–Kier alpha value is -2.78. The van der Waals surface area contributed by atoms with Gasteiger partial charge in [-0.2, -0.15) is 5.10 Å². The molecule has 1 fully saturated rings. The minimum atomic E-state index is -0.702. The Morgan fingerprint density at radius 3 is 2.76 bits per heavy atom. The van der Waals surface area contributed by atoms with Crippen molar-refractivity contribution in [2.24, 2.45) is 5.92 Å². The van der Waals surface area contributed by atoms with Gasteiger partial charge in [0.05, 0.1) is 29.7 Å². The fourth-order valence-electron chi connectivity index (χ4n) is 4.30. The van der Waals surface area contributed by atoms with Crippen LogP contribution in [0.1, 0.15) is 34.5 Å². The van der Waals surface area contributed by atoms with Crippen LogP contribution >= 0.6 is 11.6 Å². The number of hydrogen-bond donors (Lipinski definition) is 3. The number of rotatable bonds is 7. The standard InChI is InChI=1S/C25H28ClFN4O3/c1-16-22(14-31(29-16)21-8-5-19(27)6-9-21)25(34)28-20-7-4-17(23(26)11-20)12-30-10-2-3-18(13-30)24(33)15-32/h4-9,11,14,18,24,32-33H,2-3,10,12-13,15H2,1H3,(H,28,34). The molecule has 1 aliphatic rings. The zero-order valence-electron chi connectivity index (χ0n) is 18.9. The van der Waals surface area contributed by atoms with Crippen LogP contribution < -0.4 is 5.32 Å². The average molecular weight is 487 g/mol. The van der Waals surface area contributed by atoms with Gasteiger partial charge in [-0.05, 0) is 74.2 Å². The minimum Gasteiger partial charge on any atom is -0.394 e. The van der Waals surface area contributed by atoms with E-state index >= 15 is 0 Å². The number of aromatic nitrogens is 2. The van der Waals surface area contributed by atoms with Crippen molar-refractivity contribution in [2.75, 3.05) is 25.0 Å². The van der Waals surface area contributed by atoms with Crippen LogP contribution in [0.5, 0.6) is 0 Å². The summed E-state index contributed by atoms with van der Waals surface area (Å²) in [6, 6.07) is 11.3. The largest absolute Gasteiger partial charge is 0.394 e. The van der Waals surface area contributed by atoms with Gasteiger partial charge in [-0.25, -0.2) is 9.07 Å². The molecule has 1 saturated heterocycles. The quantitative estimate of drug-likeness (QED) is 0.472. The molecule has 1 aliphatic heterocycles. The highest BCUT2D eigenvalue weighted by Crippen LogP contribution is 2.26. The number of benzene rings is 2. The van der Waals surface area contributed by atoms with E-state index in [0.717, 1.165) is 24.9 Å². The maximum absolute atomic E-state index is 13.2. The van der Waals surface area contributed by atoms with Gasteiger partial charge in [-0.3, -0.25) is 9.69 Å². The highest BCUT2D eigenvalue weighted by atomic mass is 35.5. The van der Waals surface area contributed by atoms with Crippen molar-refractivity contribution >= 4 is 23.2 Å². The lowest BCUT2D eigenvalue weighted by Gasteiger charge is -2.34. The molecule has 1 amide bonds. The normalized spacial score (nSPS) is 17.5. The number of carbonyl (C=O) groups is 1. The number of nitrogens with zero attached hydrogens (tertiary/aromatic N) is 3. The second-order valence-corrected chi connectivity index (χ2v) is 9.10. The summed E-state index contributed by atoms with van der Waals surface area (Å²) < 4.78 is 14.7. The Balaban J connectivity index is 1.41. The molecule has 9 heteroatoms. The van der Waals surface area contributed by atoms with Gasteiger partial charge < -0.3 is 15.5 Å². The van der Waals surface area contributed by atoms with E-state index in [1.165, 1.54) is 12.1 Å². The lowest BCUT2D eigenvalue weighted by atomic mass is 9.92. The van der Waals surface area contributed by atoms with Gasteiger partial charge in [0, 0.05) is 30.0 Å². The second kappa shape index (κ2) is 10.7. The summed E-state index contributed by atoms with van der Waals surface area (Å²) in [6.45, 7) is 3.75. The zero-order chi connectivity index (χ0) is 24.2. The van der Waals surface area contributed by atoms with Crippen LogP contribution in [0.15, 0.2) is 48.7 Å². The summed E-state index contributed by atoms with van der Waals surface area (Å²) >= 11 is 6.52. The van der Waals surface area contributed by atoms with Crippen LogP contribution in [0.3, 0.4) is 0 Å². The SMILES string of the molecule is Cc1nn(-c2ccc(F)cc2)cc1C(=O)Nc1ccc(CN2CCCC(C(O)CO)C2)c(Cl)c1. The van der Waals surface area contributed by atoms with E-state index in [1.807, 2.05) is 12.1 Å². The molecule has 4 rings (SSSR count). The van der Waals surface area contributed by atoms with Gasteiger partial charge in [0.2, 0.25) is 0 Å². The van der Waals surface area contributed by atoms with Crippen molar-refractivity contribution in [3.05, 3.63) is 76.3 Å². The number of nitrogens with one attached hydrogen (secondary N) is 1. The van der Waals surface area contributed by atoms with Crippen molar-refractivity contribution in [1.29, 1.82) is 0 Å². The number of anilines is 1. The molecule has 1 aromatic heterocycles. The number of halogens is 2. The van der Waals surface area contributed by atoms with E-state index in [0.29, 0.717) is 40.7 Å². The van der Waals surface area contributed by atoms with Gasteiger partial charge in [-0.1, -0.05) is 17.7 Å². The number of piperidine rings is 1. The lowest BCUT2D eigenvalue weighted by Crippen LogP contribution is -2.41. The first-order valence-corrected chi connectivity index (χ1v) is 11.6. The molecule has 0 radical (unpaired) electrons. The molecule has 2 heterocycles. The average Bonchev–Trinajstić information content (AvgIpc) is 3.22. The highest BCUT2D eigenvalue weighted by molar-refractivity contribution is 6.31. The van der Waals surface area contributed by atoms with Gasteiger partial charge in [0.25, 0.3) is 5.91 Å². The van der Waals surface area contributed by atoms with Crippen LogP contribution in [0.4, 0.5) is 10.1 Å². The molecule has 2 atom stereocenters. The Bertz CT molecular complexity index is 1150. The zero-order valence-corrected chi connectivity index (χ0v) is 19.7. The van der Waals surface area contributed by atoms with Crippen LogP contribution in [0.2, 0.25) is 5.02 Å². The molecule has 3 aromatic rings. The molecular weight excluding hydrogens is 459 g/mol. The smallest absolute Gasteiger partial charge is 0.259 e. The molecule has 3 N–H and O–H groups in total. The number of aliphatic hydroxyl groups is 2. The van der Waals surface area contributed by atoms with E-state index in [4.69, 9.17) is 11.6 Å². The molecule has 0 aliphatic carbocycles. The predicted molar refractivity (Wildman–Crippen MR) is 129 cm³/mol. The van der Waals surface area contributed by atoms with Crippen molar-refractivity contribution in [2.45, 2.75) is 32.4 Å². The van der Waals surface area contributed by atoms with Crippen LogP contribution in [0.25, 0.3) is 5.69 Å². The Morgan fingerprint density at radius 2 is 2.06 bits per heavy atom. The van der Waals surface area contributed by atoms with Gasteiger partial charge in [0.1, 0.15) is 5.82 Å². The maximum atomic E-state index is 13.2. The molecule has 7 nitrogen and oxygen atoms in total. The van der Waals surface area contributed by atoms with Crippen molar-refractivity contribution in [3.8, 4) is 5.69 Å². The summed E-state index contributed by atoms with van der Waals surface area (Å²) in [5.74, 6) is -0.601. The van der Waals surface area contributed by atoms with E-state index < -0.39 is 6.10 Å². The number of likely N-dealkylation sites (tertiary alicyclic amines) is 1. The number of carbonyl (C=O) groups excluding carboxylic acids is 1. The molecule has 180 valence electrons. The summed E-state index contributed by atoms with van der Waals surface area (Å²) in [5, 5.41) is 27.0. The minimum absolute atomic E-state index is 0.0511. The first-order chi connectivity index (χ1) is 16.3. The first-order valence-electron chi connectivity index (χ1n) is 11.3. The molecule has 0 bridgehead atoms. The Morgan fingerprint density at radius 1 is 1.29 bits per heavy atom. The van der Waals surface area contributed by atoms with Gasteiger partial charge >= 0.3 is 0 Å². The van der Waals surface area contributed by atoms with Gasteiger partial charge in [0.15, 0.2) is 0 Å². The van der Waals surface area contributed by atoms with E-state index in [2.05, 4.69) is 15.3 Å². The second-order valence-electron chi connectivity index (χ2n) is 8.70. The molecule has 2 aromatic carbocycles. The summed E-state index contributed by atoms with van der Waals surface area (Å²) in [4.78, 5) is 15.1. The number of aliphatic hydroxyl groups excluding tert-OH is 2. The molecule has 0 spiro atoms. The summed E-state index contributed by atoms with van der Waals surface area (Å²) in [5.41, 5.74) is 3.11. The third-order valence-corrected chi connectivity index (χ3v) is 6.56. The van der Waals surface area contributed by atoms with Crippen molar-refractivity contribution < 1.29 is 19.4 Å². The molecule has 2 unspecified atom stereocenters.